The molecule has 1 saturated heterocycles. The van der Waals surface area contributed by atoms with E-state index in [1.165, 1.54) is 37.5 Å². The molecule has 1 aliphatic rings. The highest BCUT2D eigenvalue weighted by atomic mass is 19.1. The minimum atomic E-state index is -0.803. The summed E-state index contributed by atoms with van der Waals surface area (Å²) in [7, 11) is 1.27. The number of benzene rings is 2. The van der Waals surface area contributed by atoms with Crippen LogP contribution in [-0.4, -0.2) is 42.4 Å². The molecule has 9 nitrogen and oxygen atoms in total. The van der Waals surface area contributed by atoms with Crippen LogP contribution in [0.3, 0.4) is 0 Å². The van der Waals surface area contributed by atoms with Crippen LogP contribution >= 0.6 is 0 Å². The van der Waals surface area contributed by atoms with Gasteiger partial charge in [-0.25, -0.2) is 18.9 Å². The van der Waals surface area contributed by atoms with Crippen LogP contribution in [0.15, 0.2) is 70.8 Å². The summed E-state index contributed by atoms with van der Waals surface area (Å²) in [6.07, 6.45) is 1.30. The number of urea groups is 1. The molecule has 0 atom stereocenters. The van der Waals surface area contributed by atoms with Crippen molar-refractivity contribution < 1.29 is 32.7 Å². The van der Waals surface area contributed by atoms with Gasteiger partial charge in [-0.3, -0.25) is 9.59 Å². The molecule has 1 fully saturated rings. The molecule has 2 aromatic carbocycles. The van der Waals surface area contributed by atoms with Crippen LogP contribution in [-0.2, 0) is 14.3 Å². The van der Waals surface area contributed by atoms with Crippen molar-refractivity contribution in [3.8, 4) is 11.3 Å². The minimum absolute atomic E-state index is 0.0642. The lowest BCUT2D eigenvalue weighted by atomic mass is 10.1. The second-order valence-electron chi connectivity index (χ2n) is 7.15. The molecule has 172 valence electrons. The van der Waals surface area contributed by atoms with Gasteiger partial charge in [0, 0.05) is 11.6 Å². The highest BCUT2D eigenvalue weighted by Crippen LogP contribution is 2.27. The average molecular weight is 463 g/mol. The van der Waals surface area contributed by atoms with Crippen molar-refractivity contribution in [1.29, 1.82) is 0 Å². The van der Waals surface area contributed by atoms with Crippen LogP contribution in [0.2, 0.25) is 0 Å². The normalized spacial score (nSPS) is 14.3. The zero-order valence-electron chi connectivity index (χ0n) is 17.8. The number of carbonyl (C=O) groups excluding carboxylic acids is 4. The number of esters is 1. The number of nitrogens with zero attached hydrogens (tertiary/aromatic N) is 1. The standard InChI is InChI=1S/C24H18FN3O6/c1-33-23(31)16-7-3-2-6-15(16)20-11-10-14(34-20)12-19-22(30)28(24(32)27-19)13-21(29)26-18-9-5-4-8-17(18)25/h2-12H,13H2,1H3,(H,26,29)(H,27,32)/b19-12+. The Hall–Kier alpha value is -4.73. The third-order valence-corrected chi connectivity index (χ3v) is 4.92. The van der Waals surface area contributed by atoms with Crippen molar-refractivity contribution >= 4 is 35.6 Å². The number of hydrogen-bond acceptors (Lipinski definition) is 6. The van der Waals surface area contributed by atoms with Gasteiger partial charge in [-0.05, 0) is 30.3 Å². The number of carbonyl (C=O) groups is 4. The maximum atomic E-state index is 13.7. The van der Waals surface area contributed by atoms with Gasteiger partial charge in [0.1, 0.15) is 29.6 Å². The van der Waals surface area contributed by atoms with Gasteiger partial charge in [0.05, 0.1) is 18.4 Å². The maximum Gasteiger partial charge on any atom is 0.338 e. The molecule has 34 heavy (non-hydrogen) atoms. The molecule has 0 radical (unpaired) electrons. The summed E-state index contributed by atoms with van der Waals surface area (Å²) in [5, 5.41) is 4.70. The van der Waals surface area contributed by atoms with Gasteiger partial charge >= 0.3 is 12.0 Å². The van der Waals surface area contributed by atoms with E-state index in [0.717, 1.165) is 0 Å². The number of nitrogens with one attached hydrogen (secondary N) is 2. The lowest BCUT2D eigenvalue weighted by Crippen LogP contribution is -2.38. The third kappa shape index (κ3) is 4.56. The minimum Gasteiger partial charge on any atom is -0.465 e. The van der Waals surface area contributed by atoms with Crippen molar-refractivity contribution in [3.63, 3.8) is 0 Å². The van der Waals surface area contributed by atoms with Gasteiger partial charge in [-0.15, -0.1) is 0 Å². The topological polar surface area (TPSA) is 118 Å². The maximum absolute atomic E-state index is 13.7. The van der Waals surface area contributed by atoms with E-state index in [2.05, 4.69) is 10.6 Å². The summed E-state index contributed by atoms with van der Waals surface area (Å²) >= 11 is 0. The Morgan fingerprint density at radius 2 is 1.82 bits per heavy atom. The van der Waals surface area contributed by atoms with E-state index in [0.29, 0.717) is 21.8 Å². The van der Waals surface area contributed by atoms with Crippen molar-refractivity contribution in [3.05, 3.63) is 83.5 Å². The van der Waals surface area contributed by atoms with Gasteiger partial charge in [0.2, 0.25) is 5.91 Å². The Balaban J connectivity index is 1.49. The van der Waals surface area contributed by atoms with Crippen LogP contribution < -0.4 is 10.6 Å². The molecule has 0 saturated carbocycles. The molecule has 4 rings (SSSR count). The predicted octanol–water partition coefficient (Wildman–Crippen LogP) is 3.40. The van der Waals surface area contributed by atoms with E-state index in [1.54, 1.807) is 36.4 Å². The second kappa shape index (κ2) is 9.41. The highest BCUT2D eigenvalue weighted by Gasteiger charge is 2.35. The van der Waals surface area contributed by atoms with Crippen LogP contribution in [0.1, 0.15) is 16.1 Å². The molecule has 0 unspecified atom stereocenters. The van der Waals surface area contributed by atoms with Gasteiger partial charge in [-0.2, -0.15) is 0 Å². The average Bonchev–Trinajstić information content (AvgIpc) is 3.40. The van der Waals surface area contributed by atoms with Gasteiger partial charge in [0.25, 0.3) is 5.91 Å². The molecule has 1 aliphatic heterocycles. The Bertz CT molecular complexity index is 1330. The summed E-state index contributed by atoms with van der Waals surface area (Å²) in [6.45, 7) is -0.605. The quantitative estimate of drug-likeness (QED) is 0.329. The summed E-state index contributed by atoms with van der Waals surface area (Å²) in [6, 6.07) is 14.6. The van der Waals surface area contributed by atoms with Gasteiger partial charge in [-0.1, -0.05) is 30.3 Å². The van der Waals surface area contributed by atoms with Crippen LogP contribution in [0.4, 0.5) is 14.9 Å². The van der Waals surface area contributed by atoms with E-state index in [-0.39, 0.29) is 17.1 Å². The molecule has 0 bridgehead atoms. The number of furan rings is 1. The van der Waals surface area contributed by atoms with Gasteiger partial charge < -0.3 is 19.8 Å². The summed E-state index contributed by atoms with van der Waals surface area (Å²) < 4.78 is 24.2. The van der Waals surface area contributed by atoms with E-state index in [9.17, 15) is 23.6 Å². The van der Waals surface area contributed by atoms with Crippen molar-refractivity contribution in [2.45, 2.75) is 0 Å². The van der Waals surface area contributed by atoms with E-state index in [1.807, 2.05) is 0 Å². The molecule has 0 aliphatic carbocycles. The molecule has 1 aromatic heterocycles. The first-order valence-corrected chi connectivity index (χ1v) is 10.0. The number of imide groups is 1. The fraction of sp³-hybridized carbons (Fsp3) is 0.0833. The number of methoxy groups -OCH3 is 1. The fourth-order valence-corrected chi connectivity index (χ4v) is 3.31. The number of amides is 4. The van der Waals surface area contributed by atoms with Crippen molar-refractivity contribution in [1.82, 2.24) is 10.2 Å². The first-order valence-electron chi connectivity index (χ1n) is 10.0. The number of ether oxygens (including phenoxy) is 1. The molecular weight excluding hydrogens is 445 g/mol. The van der Waals surface area contributed by atoms with E-state index < -0.39 is 36.2 Å². The Kier molecular flexibility index (Phi) is 6.22. The first-order chi connectivity index (χ1) is 16.4. The zero-order valence-corrected chi connectivity index (χ0v) is 17.8. The third-order valence-electron chi connectivity index (χ3n) is 4.92. The lowest BCUT2D eigenvalue weighted by molar-refractivity contribution is -0.127. The monoisotopic (exact) mass is 463 g/mol. The molecule has 2 N–H and O–H groups in total. The van der Waals surface area contributed by atoms with Crippen molar-refractivity contribution in [2.24, 2.45) is 0 Å². The number of hydrogen-bond donors (Lipinski definition) is 2. The molecule has 0 spiro atoms. The lowest BCUT2D eigenvalue weighted by Gasteiger charge is -2.12. The van der Waals surface area contributed by atoms with Crippen LogP contribution in [0.25, 0.3) is 17.4 Å². The Labute approximate surface area is 192 Å². The number of para-hydroxylation sites is 1. The molecular formula is C24H18FN3O6. The van der Waals surface area contributed by atoms with E-state index >= 15 is 0 Å². The SMILES string of the molecule is COC(=O)c1ccccc1-c1ccc(/C=C2/NC(=O)N(CC(=O)Nc3ccccc3F)C2=O)o1. The Morgan fingerprint density at radius 1 is 1.09 bits per heavy atom. The van der Waals surface area contributed by atoms with Crippen LogP contribution in [0.5, 0.6) is 0 Å². The van der Waals surface area contributed by atoms with Crippen molar-refractivity contribution in [2.75, 3.05) is 19.0 Å². The Morgan fingerprint density at radius 3 is 2.59 bits per heavy atom. The van der Waals surface area contributed by atoms with E-state index in [4.69, 9.17) is 9.15 Å². The largest absolute Gasteiger partial charge is 0.465 e. The summed E-state index contributed by atoms with van der Waals surface area (Å²) in [5.74, 6) is -2.08. The number of rotatable bonds is 6. The number of anilines is 1. The molecule has 10 heteroatoms. The second-order valence-corrected chi connectivity index (χ2v) is 7.15. The fourth-order valence-electron chi connectivity index (χ4n) is 3.31. The molecule has 4 amide bonds. The first kappa shape index (κ1) is 22.5. The van der Waals surface area contributed by atoms with Crippen LogP contribution in [0, 0.1) is 5.82 Å². The smallest absolute Gasteiger partial charge is 0.338 e. The molecule has 2 heterocycles. The summed E-state index contributed by atoms with van der Waals surface area (Å²) in [5.41, 5.74) is 0.625. The summed E-state index contributed by atoms with van der Waals surface area (Å²) in [4.78, 5) is 49.8. The van der Waals surface area contributed by atoms with Gasteiger partial charge in [0.15, 0.2) is 0 Å². The zero-order chi connectivity index (χ0) is 24.2. The predicted molar refractivity (Wildman–Crippen MR) is 119 cm³/mol. The molecule has 3 aromatic rings. The number of halogens is 1. The highest BCUT2D eigenvalue weighted by molar-refractivity contribution is 6.15.